The Morgan fingerprint density at radius 3 is 2.06 bits per heavy atom. The highest BCUT2D eigenvalue weighted by atomic mass is 14.6. The van der Waals surface area contributed by atoms with E-state index >= 15 is 0 Å². The number of aryl methyl sites for hydroxylation is 1. The van der Waals surface area contributed by atoms with Gasteiger partial charge in [-0.1, -0.05) is 65.3 Å². The number of rotatable bonds is 1. The van der Waals surface area contributed by atoms with Crippen molar-refractivity contribution in [2.45, 2.75) is 65.7 Å². The van der Waals surface area contributed by atoms with Gasteiger partial charge < -0.3 is 0 Å². The largest absolute Gasteiger partial charge is 0.0645 e. The molecule has 0 amide bonds. The molecule has 17 heavy (non-hydrogen) atoms. The van der Waals surface area contributed by atoms with E-state index in [1.54, 1.807) is 11.1 Å². The Hall–Kier alpha value is -0.780. The van der Waals surface area contributed by atoms with Crippen molar-refractivity contribution in [1.82, 2.24) is 0 Å². The van der Waals surface area contributed by atoms with E-state index in [-0.39, 0.29) is 10.8 Å². The molecule has 0 radical (unpaired) electrons. The van der Waals surface area contributed by atoms with Crippen molar-refractivity contribution in [2.75, 3.05) is 0 Å². The fraction of sp³-hybridized carbons (Fsp3) is 0.647. The summed E-state index contributed by atoms with van der Waals surface area (Å²) in [4.78, 5) is 0. The van der Waals surface area contributed by atoms with Gasteiger partial charge in [0.2, 0.25) is 0 Å². The third-order valence-electron chi connectivity index (χ3n) is 6.09. The molecule has 2 rings (SSSR count). The molecule has 0 bridgehead atoms. The van der Waals surface area contributed by atoms with E-state index < -0.39 is 0 Å². The Morgan fingerprint density at radius 2 is 1.53 bits per heavy atom. The van der Waals surface area contributed by atoms with Crippen LogP contribution in [0.4, 0.5) is 0 Å². The standard InChI is InChI=1S/C17H26/c1-8-17(7)14-11-12(2)9-10-13(14)15(3,4)16(17,5)6/h9-11H,8H2,1-7H3. The Balaban J connectivity index is 2.79. The molecule has 94 valence electrons. The summed E-state index contributed by atoms with van der Waals surface area (Å²) in [6, 6.07) is 7.03. The van der Waals surface area contributed by atoms with Gasteiger partial charge in [0.15, 0.2) is 0 Å². The SMILES string of the molecule is CCC1(C)c2cc(C)ccc2C(C)(C)C1(C)C. The molecule has 0 fully saturated rings. The summed E-state index contributed by atoms with van der Waals surface area (Å²) in [7, 11) is 0. The number of fused-ring (bicyclic) bond motifs is 1. The molecule has 1 aromatic rings. The van der Waals surface area contributed by atoms with E-state index in [0.717, 1.165) is 0 Å². The van der Waals surface area contributed by atoms with Crippen LogP contribution in [0.1, 0.15) is 64.7 Å². The van der Waals surface area contributed by atoms with Gasteiger partial charge in [-0.05, 0) is 40.7 Å². The molecule has 1 aliphatic rings. The van der Waals surface area contributed by atoms with Gasteiger partial charge in [0, 0.05) is 0 Å². The molecule has 0 spiro atoms. The number of hydrogen-bond donors (Lipinski definition) is 0. The number of benzene rings is 1. The molecule has 0 aliphatic heterocycles. The second kappa shape index (κ2) is 3.37. The zero-order valence-electron chi connectivity index (χ0n) is 12.4. The van der Waals surface area contributed by atoms with Crippen molar-refractivity contribution in [1.29, 1.82) is 0 Å². The summed E-state index contributed by atoms with van der Waals surface area (Å²) >= 11 is 0. The van der Waals surface area contributed by atoms with Gasteiger partial charge in [0.05, 0.1) is 0 Å². The van der Waals surface area contributed by atoms with E-state index in [0.29, 0.717) is 5.41 Å². The van der Waals surface area contributed by atoms with Crippen LogP contribution < -0.4 is 0 Å². The fourth-order valence-electron chi connectivity index (χ4n) is 3.66. The predicted molar refractivity (Wildman–Crippen MR) is 75.6 cm³/mol. The molecule has 0 N–H and O–H groups in total. The van der Waals surface area contributed by atoms with Crippen molar-refractivity contribution in [3.63, 3.8) is 0 Å². The van der Waals surface area contributed by atoms with Crippen LogP contribution >= 0.6 is 0 Å². The maximum absolute atomic E-state index is 2.44. The summed E-state index contributed by atoms with van der Waals surface area (Å²) in [5.74, 6) is 0. The van der Waals surface area contributed by atoms with Gasteiger partial charge in [-0.25, -0.2) is 0 Å². The Morgan fingerprint density at radius 1 is 0.941 bits per heavy atom. The normalized spacial score (nSPS) is 29.1. The molecule has 1 aliphatic carbocycles. The third kappa shape index (κ3) is 1.30. The molecule has 0 nitrogen and oxygen atoms in total. The van der Waals surface area contributed by atoms with Gasteiger partial charge in [-0.15, -0.1) is 0 Å². The number of hydrogen-bond acceptors (Lipinski definition) is 0. The first-order chi connectivity index (χ1) is 7.68. The van der Waals surface area contributed by atoms with Crippen LogP contribution in [0.15, 0.2) is 18.2 Å². The van der Waals surface area contributed by atoms with Crippen molar-refractivity contribution in [2.24, 2.45) is 5.41 Å². The lowest BCUT2D eigenvalue weighted by atomic mass is 9.57. The van der Waals surface area contributed by atoms with Crippen molar-refractivity contribution in [3.05, 3.63) is 34.9 Å². The molecule has 1 unspecified atom stereocenters. The summed E-state index contributed by atoms with van der Waals surface area (Å²) in [5.41, 5.74) is 5.35. The lowest BCUT2D eigenvalue weighted by molar-refractivity contribution is 0.108. The molecule has 0 heteroatoms. The molecule has 0 saturated carbocycles. The highest BCUT2D eigenvalue weighted by Crippen LogP contribution is 2.62. The van der Waals surface area contributed by atoms with Gasteiger partial charge in [-0.3, -0.25) is 0 Å². The molecular weight excluding hydrogens is 204 g/mol. The van der Waals surface area contributed by atoms with Crippen molar-refractivity contribution < 1.29 is 0 Å². The average Bonchev–Trinajstić information content (AvgIpc) is 2.36. The molecule has 0 heterocycles. The Kier molecular flexibility index (Phi) is 2.51. The van der Waals surface area contributed by atoms with Crippen LogP contribution in [0.5, 0.6) is 0 Å². The minimum Gasteiger partial charge on any atom is -0.0645 e. The minimum absolute atomic E-state index is 0.251. The molecular formula is C17H26. The average molecular weight is 230 g/mol. The summed E-state index contributed by atoms with van der Waals surface area (Å²) in [6.45, 7) is 16.7. The van der Waals surface area contributed by atoms with Gasteiger partial charge in [-0.2, -0.15) is 0 Å². The first-order valence-electron chi connectivity index (χ1n) is 6.80. The molecule has 1 aromatic carbocycles. The zero-order chi connectivity index (χ0) is 13.1. The first kappa shape index (κ1) is 12.7. The van der Waals surface area contributed by atoms with E-state index in [2.05, 4.69) is 66.7 Å². The van der Waals surface area contributed by atoms with Crippen LogP contribution in [-0.2, 0) is 10.8 Å². The monoisotopic (exact) mass is 230 g/mol. The minimum atomic E-state index is 0.251. The van der Waals surface area contributed by atoms with Crippen LogP contribution in [0.2, 0.25) is 0 Å². The van der Waals surface area contributed by atoms with Gasteiger partial charge >= 0.3 is 0 Å². The maximum atomic E-state index is 2.44. The highest BCUT2D eigenvalue weighted by Gasteiger charge is 2.57. The van der Waals surface area contributed by atoms with Crippen molar-refractivity contribution in [3.8, 4) is 0 Å². The smallest absolute Gasteiger partial charge is 0.00154 e. The van der Waals surface area contributed by atoms with Crippen LogP contribution in [0, 0.1) is 12.3 Å². The Bertz CT molecular complexity index is 451. The Labute approximate surface area is 106 Å². The van der Waals surface area contributed by atoms with Crippen LogP contribution in [0.25, 0.3) is 0 Å². The van der Waals surface area contributed by atoms with Crippen LogP contribution in [-0.4, -0.2) is 0 Å². The van der Waals surface area contributed by atoms with Gasteiger partial charge in [0.1, 0.15) is 0 Å². The topological polar surface area (TPSA) is 0 Å². The molecule has 0 aromatic heterocycles. The molecule has 0 saturated heterocycles. The lowest BCUT2D eigenvalue weighted by Gasteiger charge is -2.46. The quantitative estimate of drug-likeness (QED) is 0.638. The zero-order valence-corrected chi connectivity index (χ0v) is 12.4. The predicted octanol–water partition coefficient (Wildman–Crippen LogP) is 4.98. The van der Waals surface area contributed by atoms with Crippen molar-refractivity contribution >= 4 is 0 Å². The molecule has 1 atom stereocenters. The van der Waals surface area contributed by atoms with Crippen LogP contribution in [0.3, 0.4) is 0 Å². The summed E-state index contributed by atoms with van der Waals surface area (Å²) in [5, 5.41) is 0. The lowest BCUT2D eigenvalue weighted by Crippen LogP contribution is -2.43. The second-order valence-corrected chi connectivity index (χ2v) is 6.98. The van der Waals surface area contributed by atoms with E-state index in [1.807, 2.05) is 0 Å². The summed E-state index contributed by atoms with van der Waals surface area (Å²) < 4.78 is 0. The third-order valence-corrected chi connectivity index (χ3v) is 6.09. The highest BCUT2D eigenvalue weighted by molar-refractivity contribution is 5.50. The second-order valence-electron chi connectivity index (χ2n) is 6.98. The fourth-order valence-corrected chi connectivity index (χ4v) is 3.66. The summed E-state index contributed by atoms with van der Waals surface area (Å²) in [6.07, 6.45) is 1.21. The van der Waals surface area contributed by atoms with E-state index in [9.17, 15) is 0 Å². The van der Waals surface area contributed by atoms with E-state index in [1.165, 1.54) is 12.0 Å². The first-order valence-corrected chi connectivity index (χ1v) is 6.80. The van der Waals surface area contributed by atoms with Gasteiger partial charge in [0.25, 0.3) is 0 Å². The maximum Gasteiger partial charge on any atom is -0.00154 e. The van der Waals surface area contributed by atoms with E-state index in [4.69, 9.17) is 0 Å².